The number of ether oxygens (including phenoxy) is 5. The van der Waals surface area contributed by atoms with Gasteiger partial charge in [-0.15, -0.1) is 0 Å². The van der Waals surface area contributed by atoms with Crippen LogP contribution in [0.15, 0.2) is 0 Å². The van der Waals surface area contributed by atoms with Crippen LogP contribution in [-0.2, 0) is 42.9 Å². The molecule has 208 valence electrons. The topological polar surface area (TPSA) is 135 Å². The lowest BCUT2D eigenvalue weighted by Crippen LogP contribution is -2.64. The molecule has 0 radical (unpaired) electrons. The highest BCUT2D eigenvalue weighted by molar-refractivity contribution is 5.78. The first kappa shape index (κ1) is 31.8. The van der Waals surface area contributed by atoms with Gasteiger partial charge < -0.3 is 28.8 Å². The summed E-state index contributed by atoms with van der Waals surface area (Å²) in [6.45, 7) is 18.9. The maximum Gasteiger partial charge on any atom is 0.313 e. The molecule has 0 amide bonds. The van der Waals surface area contributed by atoms with Crippen molar-refractivity contribution >= 4 is 23.9 Å². The van der Waals surface area contributed by atoms with Gasteiger partial charge >= 0.3 is 23.9 Å². The van der Waals surface area contributed by atoms with Gasteiger partial charge in [-0.3, -0.25) is 19.2 Å². The predicted octanol–water partition coefficient (Wildman–Crippen LogP) is 3.17. The highest BCUT2D eigenvalue weighted by Crippen LogP contribution is 2.34. The smallest absolute Gasteiger partial charge is 0.313 e. The second-order valence-electron chi connectivity index (χ2n) is 13.2. The second kappa shape index (κ2) is 11.0. The number of hydrogen-bond acceptors (Lipinski definition) is 10. The molecule has 1 saturated heterocycles. The fourth-order valence-electron chi connectivity index (χ4n) is 2.71. The van der Waals surface area contributed by atoms with E-state index < -0.39 is 82.8 Å². The first-order chi connectivity index (χ1) is 16.0. The van der Waals surface area contributed by atoms with Crippen molar-refractivity contribution in [2.45, 2.75) is 114 Å². The SMILES string of the molecule is CC(C)(C)C(=O)O[C@@H]1O[C@H](CO)[C@H](OC(=O)C(C)(C)C)[C@H](OC(=O)C(C)(C)C)[C@H]1OC(=O)C(C)(C)C. The van der Waals surface area contributed by atoms with Crippen molar-refractivity contribution in [3.63, 3.8) is 0 Å². The number of esters is 4. The average Bonchev–Trinajstić information content (AvgIpc) is 2.68. The molecule has 0 aromatic rings. The summed E-state index contributed by atoms with van der Waals surface area (Å²) < 4.78 is 28.5. The monoisotopic (exact) mass is 516 g/mol. The summed E-state index contributed by atoms with van der Waals surface area (Å²) in [7, 11) is 0. The van der Waals surface area contributed by atoms with Crippen LogP contribution in [0, 0.1) is 21.7 Å². The predicted molar refractivity (Wildman–Crippen MR) is 129 cm³/mol. The summed E-state index contributed by atoms with van der Waals surface area (Å²) >= 11 is 0. The molecular weight excluding hydrogens is 472 g/mol. The Morgan fingerprint density at radius 1 is 0.556 bits per heavy atom. The van der Waals surface area contributed by atoms with E-state index in [0.29, 0.717) is 0 Å². The van der Waals surface area contributed by atoms with Gasteiger partial charge in [-0.2, -0.15) is 0 Å². The third-order valence-corrected chi connectivity index (χ3v) is 5.17. The molecule has 0 aromatic heterocycles. The molecule has 1 fully saturated rings. The number of carbonyl (C=O) groups excluding carboxylic acids is 4. The third kappa shape index (κ3) is 8.44. The van der Waals surface area contributed by atoms with Gasteiger partial charge in [-0.25, -0.2) is 0 Å². The molecule has 1 rings (SSSR count). The molecule has 0 saturated carbocycles. The number of aliphatic hydroxyl groups is 1. The molecule has 10 heteroatoms. The lowest BCUT2D eigenvalue weighted by atomic mass is 9.93. The molecule has 1 N–H and O–H groups in total. The van der Waals surface area contributed by atoms with Gasteiger partial charge in [-0.1, -0.05) is 0 Å². The maximum atomic E-state index is 13.0. The number of hydrogen-bond donors (Lipinski definition) is 1. The highest BCUT2D eigenvalue weighted by Gasteiger charge is 2.55. The van der Waals surface area contributed by atoms with Crippen LogP contribution in [0.25, 0.3) is 0 Å². The van der Waals surface area contributed by atoms with E-state index in [1.54, 1.807) is 83.1 Å². The van der Waals surface area contributed by atoms with Gasteiger partial charge in [0.15, 0.2) is 12.2 Å². The third-order valence-electron chi connectivity index (χ3n) is 5.17. The van der Waals surface area contributed by atoms with Crippen LogP contribution < -0.4 is 0 Å². The fraction of sp³-hybridized carbons (Fsp3) is 0.846. The van der Waals surface area contributed by atoms with E-state index in [-0.39, 0.29) is 0 Å². The van der Waals surface area contributed by atoms with Crippen molar-refractivity contribution in [1.82, 2.24) is 0 Å². The molecule has 10 nitrogen and oxygen atoms in total. The minimum absolute atomic E-state index is 0.655. The minimum atomic E-state index is -1.54. The van der Waals surface area contributed by atoms with Crippen LogP contribution in [0.4, 0.5) is 0 Å². The molecule has 1 aliphatic rings. The summed E-state index contributed by atoms with van der Waals surface area (Å²) in [5, 5.41) is 10.1. The average molecular weight is 517 g/mol. The summed E-state index contributed by atoms with van der Waals surface area (Å²) in [6.07, 6.45) is -7.04. The molecular formula is C26H44O10. The zero-order valence-corrected chi connectivity index (χ0v) is 23.7. The van der Waals surface area contributed by atoms with Gasteiger partial charge in [-0.05, 0) is 83.1 Å². The van der Waals surface area contributed by atoms with Crippen molar-refractivity contribution in [2.24, 2.45) is 21.7 Å². The molecule has 0 spiro atoms. The van der Waals surface area contributed by atoms with Crippen LogP contribution >= 0.6 is 0 Å². The van der Waals surface area contributed by atoms with Crippen molar-refractivity contribution in [3.8, 4) is 0 Å². The molecule has 36 heavy (non-hydrogen) atoms. The van der Waals surface area contributed by atoms with E-state index in [1.807, 2.05) is 0 Å². The van der Waals surface area contributed by atoms with E-state index >= 15 is 0 Å². The molecule has 1 aliphatic heterocycles. The standard InChI is InChI=1S/C26H44O10/c1-23(2,3)19(28)33-15-14(13-27)32-18(36-22(31)26(10,11)12)17(35-21(30)25(7,8)9)16(15)34-20(29)24(4,5)6/h14-18,27H,13H2,1-12H3/t14-,15+,16+,17-,18+/m1/s1. The Labute approximate surface area is 214 Å². The summed E-state index contributed by atoms with van der Waals surface area (Å²) in [6, 6.07) is 0. The van der Waals surface area contributed by atoms with E-state index in [9.17, 15) is 24.3 Å². The zero-order valence-electron chi connectivity index (χ0n) is 23.7. The van der Waals surface area contributed by atoms with E-state index in [1.165, 1.54) is 0 Å². The van der Waals surface area contributed by atoms with Gasteiger partial charge in [0.05, 0.1) is 28.3 Å². The van der Waals surface area contributed by atoms with Crippen LogP contribution in [0.5, 0.6) is 0 Å². The Bertz CT molecular complexity index is 820. The number of carbonyl (C=O) groups is 4. The van der Waals surface area contributed by atoms with Crippen molar-refractivity contribution in [3.05, 3.63) is 0 Å². The summed E-state index contributed by atoms with van der Waals surface area (Å²) in [5.74, 6) is -2.70. The van der Waals surface area contributed by atoms with Gasteiger partial charge in [0, 0.05) is 0 Å². The first-order valence-corrected chi connectivity index (χ1v) is 12.1. The Kier molecular flexibility index (Phi) is 9.77. The number of rotatable bonds is 5. The lowest BCUT2D eigenvalue weighted by molar-refractivity contribution is -0.305. The van der Waals surface area contributed by atoms with Gasteiger partial charge in [0.25, 0.3) is 0 Å². The quantitative estimate of drug-likeness (QED) is 0.429. The Morgan fingerprint density at radius 2 is 0.861 bits per heavy atom. The Balaban J connectivity index is 3.64. The first-order valence-electron chi connectivity index (χ1n) is 12.1. The lowest BCUT2D eigenvalue weighted by Gasteiger charge is -2.45. The van der Waals surface area contributed by atoms with Gasteiger partial charge in [0.2, 0.25) is 12.4 Å². The molecule has 0 aliphatic carbocycles. The van der Waals surface area contributed by atoms with E-state index in [2.05, 4.69) is 0 Å². The summed E-state index contributed by atoms with van der Waals surface area (Å²) in [4.78, 5) is 51.4. The maximum absolute atomic E-state index is 13.0. The highest BCUT2D eigenvalue weighted by atomic mass is 16.7. The Hall–Kier alpha value is -2.20. The van der Waals surface area contributed by atoms with Crippen molar-refractivity contribution in [2.75, 3.05) is 6.61 Å². The normalized spacial score (nSPS) is 25.5. The fourth-order valence-corrected chi connectivity index (χ4v) is 2.71. The number of aliphatic hydroxyl groups excluding tert-OH is 1. The molecule has 0 aromatic carbocycles. The molecule has 0 unspecified atom stereocenters. The summed E-state index contributed by atoms with van der Waals surface area (Å²) in [5.41, 5.74) is -3.82. The van der Waals surface area contributed by atoms with Crippen LogP contribution in [0.3, 0.4) is 0 Å². The minimum Gasteiger partial charge on any atom is -0.455 e. The van der Waals surface area contributed by atoms with Crippen molar-refractivity contribution < 1.29 is 48.0 Å². The zero-order chi connectivity index (χ0) is 28.4. The van der Waals surface area contributed by atoms with E-state index in [0.717, 1.165) is 0 Å². The van der Waals surface area contributed by atoms with Crippen molar-refractivity contribution in [1.29, 1.82) is 0 Å². The second-order valence-corrected chi connectivity index (χ2v) is 13.2. The van der Waals surface area contributed by atoms with Crippen LogP contribution in [-0.4, -0.2) is 66.3 Å². The molecule has 5 atom stereocenters. The van der Waals surface area contributed by atoms with Crippen LogP contribution in [0.1, 0.15) is 83.1 Å². The van der Waals surface area contributed by atoms with E-state index in [4.69, 9.17) is 23.7 Å². The van der Waals surface area contributed by atoms with Crippen LogP contribution in [0.2, 0.25) is 0 Å². The molecule has 1 heterocycles. The molecule has 0 bridgehead atoms. The van der Waals surface area contributed by atoms with Gasteiger partial charge in [0.1, 0.15) is 6.10 Å². The Morgan fingerprint density at radius 3 is 1.19 bits per heavy atom. The largest absolute Gasteiger partial charge is 0.455 e.